The third-order valence-corrected chi connectivity index (χ3v) is 18.8. The van der Waals surface area contributed by atoms with Crippen LogP contribution in [0.4, 0.5) is 0 Å². The standard InChI is InChI=1S/C72H140O17P2/c1-5-9-13-17-21-24-27-30-33-36-39-42-45-49-52-56-69(74)82-62-67(88-71(76)58-54-48-20-16-12-8-4)64-86-90(78,79)84-60-66(73)61-85-91(80,81)87-65-68(89-72(77)59-55-51-47-44-41-38-35-32-29-26-23-19-15-11-7-3)63-83-70(75)57-53-50-46-43-40-37-34-31-28-25-22-18-14-10-6-2/h66-68,73H,5-65H2,1-4H3,(H,78,79)(H,80,81)/t66-,67+,68+/m0/s1. The molecule has 0 aromatic rings. The summed E-state index contributed by atoms with van der Waals surface area (Å²) in [6.45, 7) is 4.91. The van der Waals surface area contributed by atoms with Crippen molar-refractivity contribution in [3.8, 4) is 0 Å². The Morgan fingerprint density at radius 2 is 0.440 bits per heavy atom. The molecule has 5 atom stereocenters. The quantitative estimate of drug-likeness (QED) is 0.0222. The molecule has 0 bridgehead atoms. The highest BCUT2D eigenvalue weighted by atomic mass is 31.2. The summed E-state index contributed by atoms with van der Waals surface area (Å²) in [5.41, 5.74) is 0. The average Bonchev–Trinajstić information content (AvgIpc) is 3.63. The zero-order valence-corrected chi connectivity index (χ0v) is 60.6. The lowest BCUT2D eigenvalue weighted by atomic mass is 10.0. The lowest BCUT2D eigenvalue weighted by Crippen LogP contribution is -2.30. The van der Waals surface area contributed by atoms with Crippen molar-refractivity contribution in [3.63, 3.8) is 0 Å². The van der Waals surface area contributed by atoms with Crippen LogP contribution in [0.3, 0.4) is 0 Å². The van der Waals surface area contributed by atoms with Gasteiger partial charge < -0.3 is 33.8 Å². The van der Waals surface area contributed by atoms with Crippen molar-refractivity contribution in [1.82, 2.24) is 0 Å². The summed E-state index contributed by atoms with van der Waals surface area (Å²) in [7, 11) is -9.89. The summed E-state index contributed by atoms with van der Waals surface area (Å²) < 4.78 is 68.2. The van der Waals surface area contributed by atoms with Gasteiger partial charge in [0.25, 0.3) is 0 Å². The monoisotopic (exact) mass is 1340 g/mol. The highest BCUT2D eigenvalue weighted by Crippen LogP contribution is 2.45. The summed E-state index contributed by atoms with van der Waals surface area (Å²) in [5, 5.41) is 10.6. The smallest absolute Gasteiger partial charge is 0.462 e. The van der Waals surface area contributed by atoms with E-state index in [-0.39, 0.29) is 25.7 Å². The maximum atomic E-state index is 13.0. The molecule has 2 unspecified atom stereocenters. The Morgan fingerprint density at radius 1 is 0.264 bits per heavy atom. The van der Waals surface area contributed by atoms with Crippen molar-refractivity contribution in [2.24, 2.45) is 0 Å². The normalized spacial score (nSPS) is 14.0. The number of carbonyl (C=O) groups excluding carboxylic acids is 4. The van der Waals surface area contributed by atoms with Gasteiger partial charge in [0.2, 0.25) is 0 Å². The Hall–Kier alpha value is -1.94. The van der Waals surface area contributed by atoms with Gasteiger partial charge >= 0.3 is 39.5 Å². The maximum Gasteiger partial charge on any atom is 0.472 e. The van der Waals surface area contributed by atoms with Crippen LogP contribution in [-0.2, 0) is 65.4 Å². The first-order valence-corrected chi connectivity index (χ1v) is 40.8. The zero-order valence-electron chi connectivity index (χ0n) is 58.8. The Bertz CT molecular complexity index is 1740. The number of aliphatic hydroxyl groups excluding tert-OH is 1. The molecule has 540 valence electrons. The molecule has 0 spiro atoms. The Balaban J connectivity index is 5.14. The van der Waals surface area contributed by atoms with Crippen molar-refractivity contribution in [2.75, 3.05) is 39.6 Å². The van der Waals surface area contributed by atoms with E-state index in [2.05, 4.69) is 27.7 Å². The number of hydrogen-bond donors (Lipinski definition) is 3. The number of ether oxygens (including phenoxy) is 4. The van der Waals surface area contributed by atoms with E-state index < -0.39 is 97.5 Å². The van der Waals surface area contributed by atoms with Crippen LogP contribution in [0, 0.1) is 0 Å². The summed E-state index contributed by atoms with van der Waals surface area (Å²) in [6.07, 6.45) is 55.7. The largest absolute Gasteiger partial charge is 0.472 e. The van der Waals surface area contributed by atoms with Crippen molar-refractivity contribution in [3.05, 3.63) is 0 Å². The zero-order chi connectivity index (χ0) is 66.8. The van der Waals surface area contributed by atoms with Crippen LogP contribution in [0.1, 0.15) is 381 Å². The molecule has 0 saturated heterocycles. The summed E-state index contributed by atoms with van der Waals surface area (Å²) in [5.74, 6) is -2.12. The topological polar surface area (TPSA) is 237 Å². The number of phosphoric acid groups is 2. The minimum atomic E-state index is -4.95. The molecule has 17 nitrogen and oxygen atoms in total. The Kier molecular flexibility index (Phi) is 65.2. The van der Waals surface area contributed by atoms with Gasteiger partial charge in [-0.2, -0.15) is 0 Å². The van der Waals surface area contributed by atoms with Gasteiger partial charge in [0, 0.05) is 25.7 Å². The van der Waals surface area contributed by atoms with Crippen LogP contribution in [0.25, 0.3) is 0 Å². The molecule has 91 heavy (non-hydrogen) atoms. The Morgan fingerprint density at radius 3 is 0.648 bits per heavy atom. The molecule has 0 aliphatic carbocycles. The number of carbonyl (C=O) groups is 4. The third kappa shape index (κ3) is 66.5. The van der Waals surface area contributed by atoms with Gasteiger partial charge in [0.15, 0.2) is 12.2 Å². The SMILES string of the molecule is CCCCCCCCCCCCCCCCCC(=O)OC[C@H](COP(=O)(O)OC[C@H](O)COP(=O)(O)OC[C@@H](COC(=O)CCCCCCCCCCCCCCCCC)OC(=O)CCCCCCCCCCCCCCCCC)OC(=O)CCCCCCCC. The molecule has 0 fully saturated rings. The fraction of sp³-hybridized carbons (Fsp3) is 0.944. The second-order valence-corrected chi connectivity index (χ2v) is 28.9. The molecular weight excluding hydrogens is 1200 g/mol. The van der Waals surface area contributed by atoms with Gasteiger partial charge in [-0.05, 0) is 25.7 Å². The van der Waals surface area contributed by atoms with E-state index in [0.717, 1.165) is 96.3 Å². The predicted octanol–water partition coefficient (Wildman–Crippen LogP) is 21.1. The van der Waals surface area contributed by atoms with E-state index >= 15 is 0 Å². The molecule has 3 N–H and O–H groups in total. The second-order valence-electron chi connectivity index (χ2n) is 26.0. The van der Waals surface area contributed by atoms with Crippen LogP contribution >= 0.6 is 15.6 Å². The average molecular weight is 1340 g/mol. The number of hydrogen-bond acceptors (Lipinski definition) is 15. The van der Waals surface area contributed by atoms with Gasteiger partial charge in [0.05, 0.1) is 26.4 Å². The summed E-state index contributed by atoms with van der Waals surface area (Å²) in [6, 6.07) is 0. The fourth-order valence-corrected chi connectivity index (χ4v) is 12.6. The summed E-state index contributed by atoms with van der Waals surface area (Å²) >= 11 is 0. The van der Waals surface area contributed by atoms with Gasteiger partial charge in [-0.3, -0.25) is 37.3 Å². The first kappa shape index (κ1) is 89.1. The van der Waals surface area contributed by atoms with E-state index in [9.17, 15) is 43.2 Å². The van der Waals surface area contributed by atoms with Crippen LogP contribution in [0.15, 0.2) is 0 Å². The van der Waals surface area contributed by atoms with Crippen LogP contribution in [0.5, 0.6) is 0 Å². The van der Waals surface area contributed by atoms with Gasteiger partial charge in [-0.25, -0.2) is 9.13 Å². The highest BCUT2D eigenvalue weighted by molar-refractivity contribution is 7.47. The number of phosphoric ester groups is 2. The van der Waals surface area contributed by atoms with E-state index in [4.69, 9.17) is 37.0 Å². The first-order chi connectivity index (χ1) is 44.2. The van der Waals surface area contributed by atoms with E-state index in [1.165, 1.54) is 205 Å². The molecule has 0 heterocycles. The molecule has 0 saturated carbocycles. The lowest BCUT2D eigenvalue weighted by Gasteiger charge is -2.21. The molecule has 0 aliphatic rings. The summed E-state index contributed by atoms with van der Waals surface area (Å²) in [4.78, 5) is 72.4. The molecule has 0 amide bonds. The number of aliphatic hydroxyl groups is 1. The highest BCUT2D eigenvalue weighted by Gasteiger charge is 2.30. The van der Waals surface area contributed by atoms with E-state index in [1.54, 1.807) is 0 Å². The second kappa shape index (κ2) is 66.7. The molecule has 0 radical (unpaired) electrons. The number of unbranched alkanes of at least 4 members (excludes halogenated alkanes) is 47. The van der Waals surface area contributed by atoms with Crippen molar-refractivity contribution >= 4 is 39.5 Å². The molecule has 0 aliphatic heterocycles. The van der Waals surface area contributed by atoms with Gasteiger partial charge in [-0.1, -0.05) is 329 Å². The Labute approximate surface area is 556 Å². The third-order valence-electron chi connectivity index (χ3n) is 16.9. The maximum absolute atomic E-state index is 13.0. The number of esters is 4. The van der Waals surface area contributed by atoms with Crippen LogP contribution < -0.4 is 0 Å². The molecule has 0 rings (SSSR count). The first-order valence-electron chi connectivity index (χ1n) is 37.8. The van der Waals surface area contributed by atoms with Crippen molar-refractivity contribution in [1.29, 1.82) is 0 Å². The van der Waals surface area contributed by atoms with E-state index in [0.29, 0.717) is 25.7 Å². The molecule has 0 aromatic carbocycles. The molecular formula is C72H140O17P2. The van der Waals surface area contributed by atoms with Gasteiger partial charge in [0.1, 0.15) is 19.3 Å². The van der Waals surface area contributed by atoms with E-state index in [1.807, 2.05) is 0 Å². The van der Waals surface area contributed by atoms with Crippen molar-refractivity contribution < 1.29 is 80.2 Å². The molecule has 19 heteroatoms. The predicted molar refractivity (Wildman–Crippen MR) is 368 cm³/mol. The lowest BCUT2D eigenvalue weighted by molar-refractivity contribution is -0.161. The number of rotatable bonds is 73. The fourth-order valence-electron chi connectivity index (χ4n) is 11.0. The molecule has 0 aromatic heterocycles. The van der Waals surface area contributed by atoms with Crippen LogP contribution in [0.2, 0.25) is 0 Å². The minimum absolute atomic E-state index is 0.103. The van der Waals surface area contributed by atoms with Crippen molar-refractivity contribution in [2.45, 2.75) is 399 Å². The minimum Gasteiger partial charge on any atom is -0.462 e. The van der Waals surface area contributed by atoms with Gasteiger partial charge in [-0.15, -0.1) is 0 Å². The van der Waals surface area contributed by atoms with Crippen LogP contribution in [-0.4, -0.2) is 96.7 Å².